The Labute approximate surface area is 154 Å². The quantitative estimate of drug-likeness (QED) is 0.753. The van der Waals surface area contributed by atoms with E-state index >= 15 is 0 Å². The lowest BCUT2D eigenvalue weighted by molar-refractivity contribution is 0.568. The molecule has 2 aromatic heterocycles. The molecule has 1 N–H and O–H groups in total. The van der Waals surface area contributed by atoms with Crippen LogP contribution in [0.3, 0.4) is 0 Å². The molecule has 0 unspecified atom stereocenters. The first kappa shape index (κ1) is 16.5. The Morgan fingerprint density at radius 1 is 0.923 bits per heavy atom. The lowest BCUT2D eigenvalue weighted by atomic mass is 10.1. The maximum absolute atomic E-state index is 4.84. The molecule has 0 saturated carbocycles. The third-order valence-corrected chi connectivity index (χ3v) is 4.62. The smallest absolute Gasteiger partial charge is 0.227 e. The highest BCUT2D eigenvalue weighted by atomic mass is 15.3. The van der Waals surface area contributed by atoms with Crippen LogP contribution in [0.1, 0.15) is 24.8 Å². The first-order valence-corrected chi connectivity index (χ1v) is 9.21. The van der Waals surface area contributed by atoms with E-state index in [4.69, 9.17) is 9.97 Å². The van der Waals surface area contributed by atoms with Crippen molar-refractivity contribution >= 4 is 11.8 Å². The maximum Gasteiger partial charge on any atom is 0.227 e. The van der Waals surface area contributed by atoms with E-state index in [-0.39, 0.29) is 0 Å². The minimum absolute atomic E-state index is 0.693. The molecule has 5 heteroatoms. The molecule has 132 valence electrons. The van der Waals surface area contributed by atoms with Gasteiger partial charge in [-0.25, -0.2) is 4.98 Å². The Hall–Kier alpha value is -2.95. The number of hydrogen-bond acceptors (Lipinski definition) is 5. The molecular formula is C21H23N5. The second-order valence-electron chi connectivity index (χ2n) is 6.57. The number of aromatic nitrogens is 3. The van der Waals surface area contributed by atoms with Crippen LogP contribution in [0.2, 0.25) is 0 Å². The van der Waals surface area contributed by atoms with Crippen LogP contribution in [0.5, 0.6) is 0 Å². The molecule has 4 rings (SSSR count). The second kappa shape index (κ2) is 7.95. The fourth-order valence-corrected chi connectivity index (χ4v) is 3.21. The minimum Gasteiger partial charge on any atom is -0.366 e. The molecule has 26 heavy (non-hydrogen) atoms. The SMILES string of the molecule is c1ccc(-c2cc(NCc3cccnc3)nc(N3CCCCC3)n2)cc1. The summed E-state index contributed by atoms with van der Waals surface area (Å²) in [6, 6.07) is 16.3. The number of anilines is 2. The average molecular weight is 345 g/mol. The minimum atomic E-state index is 0.693. The fraction of sp³-hybridized carbons (Fsp3) is 0.286. The summed E-state index contributed by atoms with van der Waals surface area (Å²) in [5.74, 6) is 1.67. The normalized spacial score (nSPS) is 14.2. The van der Waals surface area contributed by atoms with E-state index in [1.54, 1.807) is 6.20 Å². The van der Waals surface area contributed by atoms with Crippen molar-refractivity contribution in [2.24, 2.45) is 0 Å². The summed E-state index contributed by atoms with van der Waals surface area (Å²) in [6.45, 7) is 2.75. The van der Waals surface area contributed by atoms with Crippen molar-refractivity contribution < 1.29 is 0 Å². The van der Waals surface area contributed by atoms with Crippen molar-refractivity contribution in [3.63, 3.8) is 0 Å². The van der Waals surface area contributed by atoms with Crippen molar-refractivity contribution in [1.82, 2.24) is 15.0 Å². The molecule has 0 radical (unpaired) electrons. The van der Waals surface area contributed by atoms with Gasteiger partial charge in [0.1, 0.15) is 5.82 Å². The van der Waals surface area contributed by atoms with Gasteiger partial charge in [0, 0.05) is 43.7 Å². The van der Waals surface area contributed by atoms with E-state index < -0.39 is 0 Å². The van der Waals surface area contributed by atoms with Gasteiger partial charge < -0.3 is 10.2 Å². The van der Waals surface area contributed by atoms with Gasteiger partial charge in [0.25, 0.3) is 0 Å². The van der Waals surface area contributed by atoms with Gasteiger partial charge in [-0.2, -0.15) is 4.98 Å². The van der Waals surface area contributed by atoms with Gasteiger partial charge in [0.05, 0.1) is 5.69 Å². The number of nitrogens with zero attached hydrogens (tertiary/aromatic N) is 4. The van der Waals surface area contributed by atoms with Crippen LogP contribution >= 0.6 is 0 Å². The molecular weight excluding hydrogens is 322 g/mol. The zero-order valence-corrected chi connectivity index (χ0v) is 14.8. The molecule has 1 aliphatic heterocycles. The third kappa shape index (κ3) is 3.99. The average Bonchev–Trinajstić information content (AvgIpc) is 2.74. The van der Waals surface area contributed by atoms with Crippen LogP contribution in [-0.4, -0.2) is 28.0 Å². The standard InChI is InChI=1S/C21H23N5/c1-3-9-18(10-4-1)19-14-20(23-16-17-8-7-11-22-15-17)25-21(24-19)26-12-5-2-6-13-26/h1,3-4,7-11,14-15H,2,5-6,12-13,16H2,(H,23,24,25). The zero-order chi connectivity index (χ0) is 17.6. The van der Waals surface area contributed by atoms with Gasteiger partial charge in [-0.05, 0) is 30.9 Å². The van der Waals surface area contributed by atoms with Crippen LogP contribution in [0.4, 0.5) is 11.8 Å². The summed E-state index contributed by atoms with van der Waals surface area (Å²) in [4.78, 5) is 16.1. The Kier molecular flexibility index (Phi) is 5.05. The van der Waals surface area contributed by atoms with Crippen molar-refractivity contribution in [2.75, 3.05) is 23.3 Å². The van der Waals surface area contributed by atoms with E-state index in [2.05, 4.69) is 33.4 Å². The Morgan fingerprint density at radius 2 is 1.77 bits per heavy atom. The summed E-state index contributed by atoms with van der Waals surface area (Å²) in [5, 5.41) is 3.43. The zero-order valence-electron chi connectivity index (χ0n) is 14.8. The van der Waals surface area contributed by atoms with E-state index in [9.17, 15) is 0 Å². The Bertz CT molecular complexity index is 830. The number of hydrogen-bond donors (Lipinski definition) is 1. The van der Waals surface area contributed by atoms with E-state index in [1.807, 2.05) is 36.5 Å². The summed E-state index contributed by atoms with van der Waals surface area (Å²) in [7, 11) is 0. The van der Waals surface area contributed by atoms with Gasteiger partial charge in [0.15, 0.2) is 0 Å². The third-order valence-electron chi connectivity index (χ3n) is 4.62. The van der Waals surface area contributed by atoms with Gasteiger partial charge >= 0.3 is 0 Å². The Balaban J connectivity index is 1.63. The number of pyridine rings is 1. The topological polar surface area (TPSA) is 53.9 Å². The van der Waals surface area contributed by atoms with Crippen molar-refractivity contribution in [2.45, 2.75) is 25.8 Å². The van der Waals surface area contributed by atoms with Crippen LogP contribution in [0.15, 0.2) is 60.9 Å². The van der Waals surface area contributed by atoms with E-state index in [0.29, 0.717) is 6.54 Å². The number of rotatable bonds is 5. The highest BCUT2D eigenvalue weighted by Gasteiger charge is 2.16. The molecule has 3 heterocycles. The molecule has 0 atom stereocenters. The summed E-state index contributed by atoms with van der Waals surface area (Å²) in [5.41, 5.74) is 3.19. The summed E-state index contributed by atoms with van der Waals surface area (Å²) in [6.07, 6.45) is 7.36. The van der Waals surface area contributed by atoms with Crippen LogP contribution in [0, 0.1) is 0 Å². The molecule has 0 bridgehead atoms. The summed E-state index contributed by atoms with van der Waals surface area (Å²) < 4.78 is 0. The number of piperidine rings is 1. The molecule has 1 aliphatic rings. The molecule has 1 fully saturated rings. The van der Waals surface area contributed by atoms with Gasteiger partial charge in [-0.1, -0.05) is 36.4 Å². The first-order valence-electron chi connectivity index (χ1n) is 9.21. The highest BCUT2D eigenvalue weighted by molar-refractivity contribution is 5.64. The number of nitrogens with one attached hydrogen (secondary N) is 1. The molecule has 5 nitrogen and oxygen atoms in total. The molecule has 1 saturated heterocycles. The van der Waals surface area contributed by atoms with Gasteiger partial charge in [0.2, 0.25) is 5.95 Å². The predicted octanol–water partition coefficient (Wildman–Crippen LogP) is 4.14. The van der Waals surface area contributed by atoms with Crippen LogP contribution < -0.4 is 10.2 Å². The molecule has 0 spiro atoms. The van der Waals surface area contributed by atoms with Crippen molar-refractivity contribution in [1.29, 1.82) is 0 Å². The molecule has 1 aromatic carbocycles. The van der Waals surface area contributed by atoms with Gasteiger partial charge in [-0.3, -0.25) is 4.98 Å². The highest BCUT2D eigenvalue weighted by Crippen LogP contribution is 2.24. The second-order valence-corrected chi connectivity index (χ2v) is 6.57. The molecule has 3 aromatic rings. The largest absolute Gasteiger partial charge is 0.366 e. The van der Waals surface area contributed by atoms with Crippen LogP contribution in [0.25, 0.3) is 11.3 Å². The van der Waals surface area contributed by atoms with Crippen LogP contribution in [-0.2, 0) is 6.54 Å². The van der Waals surface area contributed by atoms with Crippen molar-refractivity contribution in [3.8, 4) is 11.3 Å². The molecule has 0 aliphatic carbocycles. The monoisotopic (exact) mass is 345 g/mol. The first-order chi connectivity index (χ1) is 12.9. The Morgan fingerprint density at radius 3 is 2.54 bits per heavy atom. The lowest BCUT2D eigenvalue weighted by Crippen LogP contribution is -2.31. The predicted molar refractivity (Wildman–Crippen MR) is 105 cm³/mol. The number of benzene rings is 1. The van der Waals surface area contributed by atoms with E-state index in [0.717, 1.165) is 41.7 Å². The fourth-order valence-electron chi connectivity index (χ4n) is 3.21. The van der Waals surface area contributed by atoms with Gasteiger partial charge in [-0.15, -0.1) is 0 Å². The van der Waals surface area contributed by atoms with Crippen molar-refractivity contribution in [3.05, 3.63) is 66.5 Å². The van der Waals surface area contributed by atoms with E-state index in [1.165, 1.54) is 19.3 Å². The molecule has 0 amide bonds. The summed E-state index contributed by atoms with van der Waals surface area (Å²) >= 11 is 0. The maximum atomic E-state index is 4.84. The lowest BCUT2D eigenvalue weighted by Gasteiger charge is -2.27.